The van der Waals surface area contributed by atoms with E-state index < -0.39 is 0 Å². The lowest BCUT2D eigenvalue weighted by Gasteiger charge is -1.97. The molecule has 0 amide bonds. The summed E-state index contributed by atoms with van der Waals surface area (Å²) in [5.41, 5.74) is 0.650. The largest absolute Gasteiger partial charge is 0.466 e. The van der Waals surface area contributed by atoms with Crippen LogP contribution in [0.5, 0.6) is 0 Å². The topological polar surface area (TPSA) is 50.1 Å². The van der Waals surface area contributed by atoms with Crippen LogP contribution in [0, 0.1) is 11.3 Å². The maximum atomic E-state index is 10.7. The number of carbonyl (C=O) groups is 1. The van der Waals surface area contributed by atoms with Gasteiger partial charge in [0.25, 0.3) is 0 Å². The first-order valence-corrected chi connectivity index (χ1v) is 4.40. The second kappa shape index (κ2) is 10.2. The van der Waals surface area contributed by atoms with E-state index in [9.17, 15) is 4.79 Å². The summed E-state index contributed by atoms with van der Waals surface area (Å²) in [6.45, 7) is 3.23. The number of nitrogens with zero attached hydrogens (tertiary/aromatic N) is 1. The van der Waals surface area contributed by atoms with Crippen LogP contribution >= 0.6 is 15.9 Å². The summed E-state index contributed by atoms with van der Waals surface area (Å²) in [7, 11) is 1.37. The van der Waals surface area contributed by atoms with Crippen LogP contribution in [-0.4, -0.2) is 18.4 Å². The van der Waals surface area contributed by atoms with Gasteiger partial charge in [-0.2, -0.15) is 5.26 Å². The van der Waals surface area contributed by atoms with Gasteiger partial charge in [0.15, 0.2) is 0 Å². The van der Waals surface area contributed by atoms with Crippen molar-refractivity contribution < 1.29 is 9.53 Å². The van der Waals surface area contributed by atoms with Gasteiger partial charge in [0.05, 0.1) is 13.2 Å². The Balaban J connectivity index is 0. The zero-order chi connectivity index (χ0) is 9.98. The summed E-state index contributed by atoms with van der Waals surface area (Å²) in [6.07, 6.45) is 1.72. The number of nitriles is 1. The smallest absolute Gasteiger partial charge is 0.334 e. The number of allylic oxidation sites excluding steroid dienone is 1. The van der Waals surface area contributed by atoms with Crippen LogP contribution in [0.4, 0.5) is 0 Å². The molecule has 0 aromatic carbocycles. The summed E-state index contributed by atoms with van der Waals surface area (Å²) in [4.78, 5) is 10.7. The van der Waals surface area contributed by atoms with E-state index in [4.69, 9.17) is 5.26 Å². The van der Waals surface area contributed by atoms with Crippen molar-refractivity contribution in [1.82, 2.24) is 0 Å². The van der Waals surface area contributed by atoms with Gasteiger partial charge in [-0.15, -0.1) is 0 Å². The Morgan fingerprint density at radius 2 is 2.17 bits per heavy atom. The molecule has 68 valence electrons. The lowest BCUT2D eigenvalue weighted by molar-refractivity contribution is -0.135. The Kier molecular flexibility index (Phi) is 11.7. The number of ether oxygens (including phenoxy) is 1. The molecule has 0 aliphatic heterocycles. The molecule has 0 saturated heterocycles. The van der Waals surface area contributed by atoms with Crippen LogP contribution in [0.3, 0.4) is 0 Å². The average Bonchev–Trinajstić information content (AvgIpc) is 2.08. The second-order valence-electron chi connectivity index (χ2n) is 1.66. The lowest BCUT2D eigenvalue weighted by Crippen LogP contribution is -2.04. The highest BCUT2D eigenvalue weighted by atomic mass is 79.9. The first-order valence-electron chi connectivity index (χ1n) is 3.28. The molecule has 0 aromatic rings. The van der Waals surface area contributed by atoms with Crippen LogP contribution in [0.15, 0.2) is 11.6 Å². The molecule has 3 nitrogen and oxygen atoms in total. The third kappa shape index (κ3) is 7.29. The van der Waals surface area contributed by atoms with Gasteiger partial charge in [-0.25, -0.2) is 4.79 Å². The molecule has 4 heteroatoms. The molecule has 0 atom stereocenters. The highest BCUT2D eigenvalue weighted by Crippen LogP contribution is 2.00. The third-order valence-electron chi connectivity index (χ3n) is 0.940. The molecule has 0 spiro atoms. The number of hydrogen-bond acceptors (Lipinski definition) is 3. The molecule has 0 fully saturated rings. The van der Waals surface area contributed by atoms with E-state index in [1.807, 2.05) is 0 Å². The maximum Gasteiger partial charge on any atom is 0.334 e. The molecule has 0 rings (SSSR count). The van der Waals surface area contributed by atoms with Crippen molar-refractivity contribution >= 4 is 21.9 Å². The molecule has 0 saturated carbocycles. The van der Waals surface area contributed by atoms with E-state index in [0.717, 1.165) is 0 Å². The molecule has 12 heavy (non-hydrogen) atoms. The van der Waals surface area contributed by atoms with Gasteiger partial charge in [0.2, 0.25) is 0 Å². The Labute approximate surface area is 81.1 Å². The number of esters is 1. The summed E-state index contributed by atoms with van der Waals surface area (Å²) < 4.78 is 4.46. The van der Waals surface area contributed by atoms with E-state index in [0.29, 0.717) is 10.9 Å². The molecule has 0 aliphatic carbocycles. The molecule has 0 aromatic heterocycles. The number of halogens is 1. The molecule has 0 heterocycles. The number of rotatable bonds is 2. The minimum absolute atomic E-state index is 0.269. The van der Waals surface area contributed by atoms with Gasteiger partial charge < -0.3 is 4.74 Å². The minimum Gasteiger partial charge on any atom is -0.466 e. The standard InChI is InChI=1S/C6H9BrO2.C2H3N/c1-3-5(4-7)6(8)9-2;1-2-3/h3H,4H2,1-2H3;1H3/b5-3+;. The fourth-order valence-electron chi connectivity index (χ4n) is 0.381. The second-order valence-corrected chi connectivity index (χ2v) is 2.22. The van der Waals surface area contributed by atoms with Crippen LogP contribution in [0.25, 0.3) is 0 Å². The lowest BCUT2D eigenvalue weighted by atomic mass is 10.3. The van der Waals surface area contributed by atoms with Crippen molar-refractivity contribution in [3.05, 3.63) is 11.6 Å². The van der Waals surface area contributed by atoms with Crippen molar-refractivity contribution in [2.75, 3.05) is 12.4 Å². The molecular weight excluding hydrogens is 222 g/mol. The van der Waals surface area contributed by atoms with E-state index in [1.54, 1.807) is 19.1 Å². The summed E-state index contributed by atoms with van der Waals surface area (Å²) >= 11 is 3.15. The number of methoxy groups -OCH3 is 1. The molecule has 0 N–H and O–H groups in total. The van der Waals surface area contributed by atoms with Gasteiger partial charge >= 0.3 is 5.97 Å². The predicted octanol–water partition coefficient (Wildman–Crippen LogP) is 2.03. The highest BCUT2D eigenvalue weighted by molar-refractivity contribution is 9.09. The van der Waals surface area contributed by atoms with Crippen LogP contribution in [0.2, 0.25) is 0 Å². The molecule has 0 aliphatic rings. The zero-order valence-corrected chi connectivity index (χ0v) is 9.01. The molecule has 0 unspecified atom stereocenters. The van der Waals surface area contributed by atoms with E-state index in [2.05, 4.69) is 20.7 Å². The zero-order valence-electron chi connectivity index (χ0n) is 7.43. The van der Waals surface area contributed by atoms with Gasteiger partial charge in [0, 0.05) is 17.8 Å². The number of hydrogen-bond donors (Lipinski definition) is 0. The van der Waals surface area contributed by atoms with Crippen LogP contribution in [-0.2, 0) is 9.53 Å². The quantitative estimate of drug-likeness (QED) is 0.417. The fraction of sp³-hybridized carbons (Fsp3) is 0.500. The number of alkyl halides is 1. The number of carbonyl (C=O) groups excluding carboxylic acids is 1. The predicted molar refractivity (Wildman–Crippen MR) is 50.9 cm³/mol. The van der Waals surface area contributed by atoms with Crippen molar-refractivity contribution in [3.8, 4) is 6.07 Å². The first-order chi connectivity index (χ1) is 5.67. The normalized spacial score (nSPS) is 9.08. The van der Waals surface area contributed by atoms with E-state index >= 15 is 0 Å². The molecular formula is C8H12BrNO2. The Morgan fingerprint density at radius 3 is 2.25 bits per heavy atom. The monoisotopic (exact) mass is 233 g/mol. The summed E-state index contributed by atoms with van der Waals surface area (Å²) in [5, 5.41) is 7.87. The van der Waals surface area contributed by atoms with Gasteiger partial charge in [-0.05, 0) is 6.92 Å². The third-order valence-corrected chi connectivity index (χ3v) is 1.54. The van der Waals surface area contributed by atoms with E-state index in [1.165, 1.54) is 14.0 Å². The Morgan fingerprint density at radius 1 is 1.75 bits per heavy atom. The molecule has 0 radical (unpaired) electrons. The van der Waals surface area contributed by atoms with Crippen LogP contribution < -0.4 is 0 Å². The Bertz CT molecular complexity index is 194. The van der Waals surface area contributed by atoms with Gasteiger partial charge in [-0.1, -0.05) is 22.0 Å². The van der Waals surface area contributed by atoms with Crippen molar-refractivity contribution in [2.45, 2.75) is 13.8 Å². The summed E-state index contributed by atoms with van der Waals surface area (Å²) in [6, 6.07) is 1.75. The SMILES string of the molecule is C/C=C(\CBr)C(=O)OC.CC#N. The van der Waals surface area contributed by atoms with Gasteiger partial charge in [0.1, 0.15) is 0 Å². The van der Waals surface area contributed by atoms with Crippen molar-refractivity contribution in [1.29, 1.82) is 5.26 Å². The fourth-order valence-corrected chi connectivity index (χ4v) is 0.933. The van der Waals surface area contributed by atoms with Crippen molar-refractivity contribution in [3.63, 3.8) is 0 Å². The maximum absolute atomic E-state index is 10.7. The first kappa shape index (κ1) is 13.7. The Hall–Kier alpha value is -0.820. The van der Waals surface area contributed by atoms with Crippen LogP contribution in [0.1, 0.15) is 13.8 Å². The average molecular weight is 234 g/mol. The van der Waals surface area contributed by atoms with Crippen molar-refractivity contribution in [2.24, 2.45) is 0 Å². The van der Waals surface area contributed by atoms with E-state index in [-0.39, 0.29) is 5.97 Å². The molecule has 0 bridgehead atoms. The summed E-state index contributed by atoms with van der Waals surface area (Å²) in [5.74, 6) is -0.269. The minimum atomic E-state index is -0.269. The van der Waals surface area contributed by atoms with Gasteiger partial charge in [-0.3, -0.25) is 0 Å². The highest BCUT2D eigenvalue weighted by Gasteiger charge is 2.04.